The van der Waals surface area contributed by atoms with Crippen LogP contribution in [0.15, 0.2) is 71.2 Å². The van der Waals surface area contributed by atoms with E-state index in [1.165, 1.54) is 11.6 Å². The van der Waals surface area contributed by atoms with Gasteiger partial charge in [-0.15, -0.1) is 0 Å². The second-order valence-electron chi connectivity index (χ2n) is 9.34. The molecule has 0 atom stereocenters. The van der Waals surface area contributed by atoms with Gasteiger partial charge in [0.1, 0.15) is 17.3 Å². The smallest absolute Gasteiger partial charge is 0.129 e. The lowest BCUT2D eigenvalue weighted by Crippen LogP contribution is -2.28. The van der Waals surface area contributed by atoms with E-state index in [0.29, 0.717) is 13.0 Å². The number of aryl methyl sites for hydroxylation is 1. The molecule has 0 amide bonds. The maximum Gasteiger partial charge on any atom is 0.129 e. The first-order valence-corrected chi connectivity index (χ1v) is 13.2. The van der Waals surface area contributed by atoms with Crippen molar-refractivity contribution in [3.63, 3.8) is 0 Å². The molecule has 0 radical (unpaired) electrons. The number of hydrogen-bond donors (Lipinski definition) is 0. The molecule has 0 N–H and O–H groups in total. The molecule has 0 bridgehead atoms. The highest BCUT2D eigenvalue weighted by molar-refractivity contribution is 9.10. The molecule has 184 valence electrons. The van der Waals surface area contributed by atoms with Crippen LogP contribution in [0.2, 0.25) is 0 Å². The van der Waals surface area contributed by atoms with Gasteiger partial charge in [-0.05, 0) is 104 Å². The summed E-state index contributed by atoms with van der Waals surface area (Å²) in [7, 11) is 0. The zero-order chi connectivity index (χ0) is 24.6. The summed E-state index contributed by atoms with van der Waals surface area (Å²) in [5.74, 6) is 0.734. The van der Waals surface area contributed by atoms with Crippen LogP contribution < -0.4 is 4.74 Å². The summed E-state index contributed by atoms with van der Waals surface area (Å²) in [5, 5.41) is 0. The molecular weight excluding hydrogens is 507 g/mol. The molecule has 3 aromatic rings. The third-order valence-electron chi connectivity index (χ3n) is 6.51. The Hall–Kier alpha value is -2.50. The number of rotatable bonds is 10. The zero-order valence-electron chi connectivity index (χ0n) is 20.1. The van der Waals surface area contributed by atoms with E-state index in [1.54, 1.807) is 19.1 Å². The fourth-order valence-corrected chi connectivity index (χ4v) is 4.87. The molecule has 0 saturated heterocycles. The standard InChI is InChI=1S/C30H32BrFO3/c1-21(33)4-2-5-23-10-13-29(19-30(23)24-6-3-7-26(32)18-24)35-28-16-14-27(15-17-28)34-20-22-8-11-25(31)12-9-22/h3,6-13,18-19,27-28H,2,4-5,14-17,20H2,1H3. The van der Waals surface area contributed by atoms with Gasteiger partial charge in [0.15, 0.2) is 0 Å². The molecule has 4 rings (SSSR count). The summed E-state index contributed by atoms with van der Waals surface area (Å²) >= 11 is 3.46. The van der Waals surface area contributed by atoms with Gasteiger partial charge in [0.2, 0.25) is 0 Å². The largest absolute Gasteiger partial charge is 0.490 e. The van der Waals surface area contributed by atoms with Gasteiger partial charge in [0.25, 0.3) is 0 Å². The minimum absolute atomic E-state index is 0.145. The molecule has 3 nitrogen and oxygen atoms in total. The predicted octanol–water partition coefficient (Wildman–Crippen LogP) is 8.07. The Morgan fingerprint density at radius 1 is 0.971 bits per heavy atom. The Morgan fingerprint density at radius 3 is 2.43 bits per heavy atom. The van der Waals surface area contributed by atoms with Crippen LogP contribution >= 0.6 is 15.9 Å². The van der Waals surface area contributed by atoms with Gasteiger partial charge in [-0.3, -0.25) is 0 Å². The number of halogens is 2. The number of carbonyl (C=O) groups excluding carboxylic acids is 1. The van der Waals surface area contributed by atoms with Crippen molar-refractivity contribution in [1.82, 2.24) is 0 Å². The van der Waals surface area contributed by atoms with Crippen molar-refractivity contribution >= 4 is 21.7 Å². The van der Waals surface area contributed by atoms with Crippen LogP contribution in [0.1, 0.15) is 56.6 Å². The molecule has 0 unspecified atom stereocenters. The first kappa shape index (κ1) is 25.6. The maximum absolute atomic E-state index is 14.0. The van der Waals surface area contributed by atoms with E-state index in [-0.39, 0.29) is 23.8 Å². The van der Waals surface area contributed by atoms with Crippen LogP contribution in [0.25, 0.3) is 11.1 Å². The summed E-state index contributed by atoms with van der Waals surface area (Å²) in [6.07, 6.45) is 6.34. The number of Topliss-reactive ketones (excluding diaryl/α,β-unsaturated/α-hetero) is 1. The normalized spacial score (nSPS) is 17.8. The van der Waals surface area contributed by atoms with Crippen molar-refractivity contribution in [2.24, 2.45) is 0 Å². The van der Waals surface area contributed by atoms with Gasteiger partial charge in [0.05, 0.1) is 18.8 Å². The van der Waals surface area contributed by atoms with Gasteiger partial charge in [0, 0.05) is 10.9 Å². The van der Waals surface area contributed by atoms with Crippen molar-refractivity contribution in [2.45, 2.75) is 70.7 Å². The van der Waals surface area contributed by atoms with Gasteiger partial charge in [-0.1, -0.05) is 46.3 Å². The average molecular weight is 539 g/mol. The second kappa shape index (κ2) is 12.5. The molecule has 0 spiro atoms. The number of carbonyl (C=O) groups is 1. The predicted molar refractivity (Wildman–Crippen MR) is 141 cm³/mol. The quantitative estimate of drug-likeness (QED) is 0.261. The minimum Gasteiger partial charge on any atom is -0.490 e. The van der Waals surface area contributed by atoms with Crippen LogP contribution in [-0.4, -0.2) is 18.0 Å². The van der Waals surface area contributed by atoms with Gasteiger partial charge in [-0.2, -0.15) is 0 Å². The first-order chi connectivity index (χ1) is 17.0. The van der Waals surface area contributed by atoms with Gasteiger partial charge in [-0.25, -0.2) is 4.39 Å². The Labute approximate surface area is 215 Å². The fraction of sp³-hybridized carbons (Fsp3) is 0.367. The summed E-state index contributed by atoms with van der Waals surface area (Å²) in [4.78, 5) is 11.4. The van der Waals surface area contributed by atoms with Crippen LogP contribution in [0.4, 0.5) is 4.39 Å². The lowest BCUT2D eigenvalue weighted by Gasteiger charge is -2.29. The molecule has 0 heterocycles. The van der Waals surface area contributed by atoms with Gasteiger partial charge < -0.3 is 14.3 Å². The SMILES string of the molecule is CC(=O)CCCc1ccc(OC2CCC(OCc3ccc(Br)cc3)CC2)cc1-c1cccc(F)c1. The zero-order valence-corrected chi connectivity index (χ0v) is 21.7. The molecular formula is C30H32BrFO3. The third kappa shape index (κ3) is 7.74. The van der Waals surface area contributed by atoms with Crippen molar-refractivity contribution in [2.75, 3.05) is 0 Å². The van der Waals surface area contributed by atoms with Crippen LogP contribution in [-0.2, 0) is 22.6 Å². The molecule has 0 aromatic heterocycles. The fourth-order valence-electron chi connectivity index (χ4n) is 4.60. The summed E-state index contributed by atoms with van der Waals surface area (Å²) in [6, 6.07) is 21.0. The Balaban J connectivity index is 1.36. The average Bonchev–Trinajstić information content (AvgIpc) is 2.85. The van der Waals surface area contributed by atoms with E-state index < -0.39 is 0 Å². The van der Waals surface area contributed by atoms with Crippen LogP contribution in [0.3, 0.4) is 0 Å². The topological polar surface area (TPSA) is 35.5 Å². The number of ether oxygens (including phenoxy) is 2. The van der Waals surface area contributed by atoms with Crippen molar-refractivity contribution in [1.29, 1.82) is 0 Å². The molecule has 1 aliphatic rings. The highest BCUT2D eigenvalue weighted by Gasteiger charge is 2.23. The monoisotopic (exact) mass is 538 g/mol. The molecule has 1 fully saturated rings. The number of hydrogen-bond acceptors (Lipinski definition) is 3. The lowest BCUT2D eigenvalue weighted by molar-refractivity contribution is -0.117. The van der Waals surface area contributed by atoms with E-state index in [1.807, 2.05) is 30.3 Å². The molecule has 35 heavy (non-hydrogen) atoms. The Morgan fingerprint density at radius 2 is 1.71 bits per heavy atom. The van der Waals surface area contributed by atoms with Crippen LogP contribution in [0.5, 0.6) is 5.75 Å². The Kier molecular flexibility index (Phi) is 9.11. The van der Waals surface area contributed by atoms with E-state index >= 15 is 0 Å². The lowest BCUT2D eigenvalue weighted by atomic mass is 9.94. The minimum atomic E-state index is -0.259. The van der Waals surface area contributed by atoms with E-state index in [4.69, 9.17) is 9.47 Å². The van der Waals surface area contributed by atoms with Gasteiger partial charge >= 0.3 is 0 Å². The molecule has 5 heteroatoms. The molecule has 0 aliphatic heterocycles. The molecule has 1 saturated carbocycles. The van der Waals surface area contributed by atoms with E-state index in [2.05, 4.69) is 34.1 Å². The van der Waals surface area contributed by atoms with E-state index in [0.717, 1.165) is 65.4 Å². The number of ketones is 1. The maximum atomic E-state index is 14.0. The van der Waals surface area contributed by atoms with E-state index in [9.17, 15) is 9.18 Å². The summed E-state index contributed by atoms with van der Waals surface area (Å²) in [6.45, 7) is 2.25. The number of benzene rings is 3. The third-order valence-corrected chi connectivity index (χ3v) is 7.04. The van der Waals surface area contributed by atoms with Crippen molar-refractivity contribution in [3.8, 4) is 16.9 Å². The summed E-state index contributed by atoms with van der Waals surface area (Å²) < 4.78 is 27.5. The van der Waals surface area contributed by atoms with Crippen molar-refractivity contribution in [3.05, 3.63) is 88.1 Å². The summed E-state index contributed by atoms with van der Waals surface area (Å²) in [5.41, 5.74) is 4.09. The Bertz CT molecular complexity index is 1120. The van der Waals surface area contributed by atoms with Crippen molar-refractivity contribution < 1.29 is 18.7 Å². The molecule has 1 aliphatic carbocycles. The highest BCUT2D eigenvalue weighted by atomic mass is 79.9. The van der Waals surface area contributed by atoms with Crippen LogP contribution in [0, 0.1) is 5.82 Å². The second-order valence-corrected chi connectivity index (χ2v) is 10.3. The highest BCUT2D eigenvalue weighted by Crippen LogP contribution is 2.32. The first-order valence-electron chi connectivity index (χ1n) is 12.4. The molecule has 3 aromatic carbocycles.